The number of para-hydroxylation sites is 1. The van der Waals surface area contributed by atoms with Crippen LogP contribution in [0.5, 0.6) is 5.75 Å². The standard InChI is InChI=1S/C15H12BrNO3/c16-9-5-6-13(19)11(7-9)15(8-18)10-3-1-2-4-12(10)17-14(15)20/h1-7,18-19H,8H2,(H,17,20). The smallest absolute Gasteiger partial charge is 0.242 e. The van der Waals surface area contributed by atoms with E-state index in [0.717, 1.165) is 4.47 Å². The van der Waals surface area contributed by atoms with Crippen LogP contribution in [0.3, 0.4) is 0 Å². The van der Waals surface area contributed by atoms with Crippen molar-refractivity contribution in [2.24, 2.45) is 0 Å². The quantitative estimate of drug-likeness (QED) is 0.790. The SMILES string of the molecule is O=C1Nc2ccccc2C1(CO)c1cc(Br)ccc1O. The van der Waals surface area contributed by atoms with Gasteiger partial charge >= 0.3 is 0 Å². The Hall–Kier alpha value is -1.85. The number of nitrogens with one attached hydrogen (secondary N) is 1. The molecule has 2 aromatic carbocycles. The van der Waals surface area contributed by atoms with Gasteiger partial charge in [-0.15, -0.1) is 0 Å². The second kappa shape index (κ2) is 4.61. The normalized spacial score (nSPS) is 20.6. The van der Waals surface area contributed by atoms with Gasteiger partial charge in [0.2, 0.25) is 5.91 Å². The summed E-state index contributed by atoms with van der Waals surface area (Å²) >= 11 is 3.33. The van der Waals surface area contributed by atoms with Gasteiger partial charge in [-0.05, 0) is 29.8 Å². The summed E-state index contributed by atoms with van der Waals surface area (Å²) in [6.45, 7) is -0.417. The Morgan fingerprint density at radius 1 is 1.15 bits per heavy atom. The van der Waals surface area contributed by atoms with E-state index in [1.807, 2.05) is 6.07 Å². The first kappa shape index (κ1) is 13.1. The van der Waals surface area contributed by atoms with Crippen LogP contribution in [0.4, 0.5) is 5.69 Å². The molecule has 2 aromatic rings. The number of anilines is 1. The van der Waals surface area contributed by atoms with E-state index in [1.165, 1.54) is 6.07 Å². The zero-order valence-electron chi connectivity index (χ0n) is 10.4. The van der Waals surface area contributed by atoms with Gasteiger partial charge in [0, 0.05) is 15.7 Å². The van der Waals surface area contributed by atoms with E-state index in [-0.39, 0.29) is 11.7 Å². The third kappa shape index (κ3) is 1.67. The van der Waals surface area contributed by atoms with Crippen molar-refractivity contribution in [2.75, 3.05) is 11.9 Å². The maximum Gasteiger partial charge on any atom is 0.242 e. The van der Waals surface area contributed by atoms with Gasteiger partial charge in [-0.1, -0.05) is 34.1 Å². The first-order chi connectivity index (χ1) is 9.59. The van der Waals surface area contributed by atoms with Gasteiger partial charge in [-0.25, -0.2) is 0 Å². The number of amides is 1. The van der Waals surface area contributed by atoms with E-state index in [1.54, 1.807) is 30.3 Å². The third-order valence-corrected chi connectivity index (χ3v) is 4.17. The van der Waals surface area contributed by atoms with E-state index in [9.17, 15) is 15.0 Å². The number of carbonyl (C=O) groups excluding carboxylic acids is 1. The predicted octanol–water partition coefficient (Wildman–Crippen LogP) is 2.39. The molecule has 0 fully saturated rings. The Kier molecular flexibility index (Phi) is 3.03. The molecule has 1 heterocycles. The summed E-state index contributed by atoms with van der Waals surface area (Å²) in [7, 11) is 0. The number of hydrogen-bond donors (Lipinski definition) is 3. The first-order valence-electron chi connectivity index (χ1n) is 6.10. The first-order valence-corrected chi connectivity index (χ1v) is 6.89. The average molecular weight is 334 g/mol. The van der Waals surface area contributed by atoms with Crippen LogP contribution < -0.4 is 5.32 Å². The van der Waals surface area contributed by atoms with Crippen LogP contribution in [-0.2, 0) is 10.2 Å². The van der Waals surface area contributed by atoms with Crippen molar-refractivity contribution in [3.05, 3.63) is 58.1 Å². The molecule has 3 N–H and O–H groups in total. The summed E-state index contributed by atoms with van der Waals surface area (Å²) in [6.07, 6.45) is 0. The Bertz CT molecular complexity index is 701. The lowest BCUT2D eigenvalue weighted by molar-refractivity contribution is -0.120. The van der Waals surface area contributed by atoms with Gasteiger partial charge in [0.1, 0.15) is 11.2 Å². The summed E-state index contributed by atoms with van der Waals surface area (Å²) in [5.74, 6) is -0.358. The number of fused-ring (bicyclic) bond motifs is 1. The van der Waals surface area contributed by atoms with Gasteiger partial charge in [0.15, 0.2) is 0 Å². The van der Waals surface area contributed by atoms with Crippen LogP contribution in [0, 0.1) is 0 Å². The molecule has 3 rings (SSSR count). The van der Waals surface area contributed by atoms with Crippen LogP contribution in [0.2, 0.25) is 0 Å². The number of phenolic OH excluding ortho intramolecular Hbond substituents is 1. The van der Waals surface area contributed by atoms with Crippen molar-refractivity contribution >= 4 is 27.5 Å². The van der Waals surface area contributed by atoms with Gasteiger partial charge in [0.05, 0.1) is 6.61 Å². The molecule has 1 aliphatic rings. The fraction of sp³-hybridized carbons (Fsp3) is 0.133. The highest BCUT2D eigenvalue weighted by molar-refractivity contribution is 9.10. The van der Waals surface area contributed by atoms with Crippen LogP contribution >= 0.6 is 15.9 Å². The monoisotopic (exact) mass is 333 g/mol. The lowest BCUT2D eigenvalue weighted by atomic mass is 9.75. The minimum absolute atomic E-state index is 0.0193. The topological polar surface area (TPSA) is 69.6 Å². The molecule has 0 saturated carbocycles. The van der Waals surface area contributed by atoms with Crippen molar-refractivity contribution in [3.63, 3.8) is 0 Å². The zero-order chi connectivity index (χ0) is 14.3. The fourth-order valence-electron chi connectivity index (χ4n) is 2.68. The predicted molar refractivity (Wildman–Crippen MR) is 78.7 cm³/mol. The molecular formula is C15H12BrNO3. The van der Waals surface area contributed by atoms with Crippen molar-refractivity contribution in [1.29, 1.82) is 0 Å². The highest BCUT2D eigenvalue weighted by Gasteiger charge is 2.49. The molecule has 0 bridgehead atoms. The second-order valence-corrected chi connectivity index (χ2v) is 5.64. The number of aliphatic hydroxyl groups excluding tert-OH is 1. The number of halogens is 1. The van der Waals surface area contributed by atoms with Gasteiger partial charge < -0.3 is 15.5 Å². The number of aliphatic hydroxyl groups is 1. The van der Waals surface area contributed by atoms with Crippen LogP contribution in [-0.4, -0.2) is 22.7 Å². The van der Waals surface area contributed by atoms with E-state index in [0.29, 0.717) is 16.8 Å². The maximum absolute atomic E-state index is 12.5. The molecule has 1 amide bonds. The Morgan fingerprint density at radius 2 is 1.90 bits per heavy atom. The number of carbonyl (C=O) groups is 1. The molecule has 1 unspecified atom stereocenters. The summed E-state index contributed by atoms with van der Waals surface area (Å²) in [4.78, 5) is 12.5. The molecule has 0 radical (unpaired) electrons. The average Bonchev–Trinajstić information content (AvgIpc) is 2.74. The molecule has 5 heteroatoms. The number of rotatable bonds is 2. The molecule has 20 heavy (non-hydrogen) atoms. The number of hydrogen-bond acceptors (Lipinski definition) is 3. The van der Waals surface area contributed by atoms with Crippen molar-refractivity contribution in [3.8, 4) is 5.75 Å². The number of phenols is 1. The lowest BCUT2D eigenvalue weighted by Crippen LogP contribution is -2.39. The number of benzene rings is 2. The highest BCUT2D eigenvalue weighted by Crippen LogP contribution is 2.45. The second-order valence-electron chi connectivity index (χ2n) is 4.72. The maximum atomic E-state index is 12.5. The molecule has 1 atom stereocenters. The van der Waals surface area contributed by atoms with E-state index in [2.05, 4.69) is 21.2 Å². The Labute approximate surface area is 124 Å². The molecule has 102 valence electrons. The summed E-state index contributed by atoms with van der Waals surface area (Å²) in [5, 5.41) is 22.8. The minimum atomic E-state index is -1.27. The summed E-state index contributed by atoms with van der Waals surface area (Å²) in [6, 6.07) is 12.0. The molecule has 0 spiro atoms. The van der Waals surface area contributed by atoms with Crippen molar-refractivity contribution in [2.45, 2.75) is 5.41 Å². The van der Waals surface area contributed by atoms with Crippen molar-refractivity contribution in [1.82, 2.24) is 0 Å². The van der Waals surface area contributed by atoms with Gasteiger partial charge in [-0.2, -0.15) is 0 Å². The van der Waals surface area contributed by atoms with Crippen molar-refractivity contribution < 1.29 is 15.0 Å². The number of aromatic hydroxyl groups is 1. The summed E-state index contributed by atoms with van der Waals surface area (Å²) in [5.41, 5.74) is 0.438. The Balaban J connectivity index is 2.32. The largest absolute Gasteiger partial charge is 0.508 e. The molecule has 4 nitrogen and oxygen atoms in total. The van der Waals surface area contributed by atoms with Crippen LogP contribution in [0.15, 0.2) is 46.9 Å². The fourth-order valence-corrected chi connectivity index (χ4v) is 3.04. The molecule has 0 saturated heterocycles. The van der Waals surface area contributed by atoms with E-state index < -0.39 is 12.0 Å². The minimum Gasteiger partial charge on any atom is -0.508 e. The van der Waals surface area contributed by atoms with Gasteiger partial charge in [-0.3, -0.25) is 4.79 Å². The van der Waals surface area contributed by atoms with Gasteiger partial charge in [0.25, 0.3) is 0 Å². The van der Waals surface area contributed by atoms with Crippen LogP contribution in [0.25, 0.3) is 0 Å². The van der Waals surface area contributed by atoms with E-state index in [4.69, 9.17) is 0 Å². The van der Waals surface area contributed by atoms with Crippen LogP contribution in [0.1, 0.15) is 11.1 Å². The highest BCUT2D eigenvalue weighted by atomic mass is 79.9. The lowest BCUT2D eigenvalue weighted by Gasteiger charge is -2.26. The molecule has 0 aliphatic carbocycles. The Morgan fingerprint density at radius 3 is 2.65 bits per heavy atom. The van der Waals surface area contributed by atoms with E-state index >= 15 is 0 Å². The zero-order valence-corrected chi connectivity index (χ0v) is 12.0. The molecule has 0 aromatic heterocycles. The summed E-state index contributed by atoms with van der Waals surface area (Å²) < 4.78 is 0.732. The third-order valence-electron chi connectivity index (χ3n) is 3.68. The molecular weight excluding hydrogens is 322 g/mol. The molecule has 1 aliphatic heterocycles.